The molecule has 0 radical (unpaired) electrons. The number of nitrogens with zero attached hydrogens (tertiary/aromatic N) is 1. The predicted molar refractivity (Wildman–Crippen MR) is 97.5 cm³/mol. The Morgan fingerprint density at radius 3 is 2.48 bits per heavy atom. The van der Waals surface area contributed by atoms with Crippen LogP contribution < -0.4 is 4.90 Å². The smallest absolute Gasteiger partial charge is 0.258 e. The number of anilines is 1. The van der Waals surface area contributed by atoms with Gasteiger partial charge in [-0.2, -0.15) is 0 Å². The summed E-state index contributed by atoms with van der Waals surface area (Å²) in [4.78, 5) is 16.0. The highest BCUT2D eigenvalue weighted by atomic mass is 35.5. The highest BCUT2D eigenvalue weighted by molar-refractivity contribution is 7.09. The Morgan fingerprint density at radius 1 is 1.04 bits per heavy atom. The van der Waals surface area contributed by atoms with E-state index in [4.69, 9.17) is 11.6 Å². The molecule has 0 aliphatic carbocycles. The van der Waals surface area contributed by atoms with Crippen LogP contribution >= 0.6 is 22.9 Å². The molecule has 0 saturated heterocycles. The summed E-state index contributed by atoms with van der Waals surface area (Å²) >= 11 is 7.97. The standard InChI is InChI=1S/C19H16ClNOS/c1-14-7-2-3-9-16(14)19(22)21(13-15-8-6-12-23-15)18-11-5-4-10-17(18)20/h2-12H,13H2,1H3. The van der Waals surface area contributed by atoms with Crippen molar-refractivity contribution in [1.29, 1.82) is 0 Å². The fraction of sp³-hybridized carbons (Fsp3) is 0.105. The van der Waals surface area contributed by atoms with Gasteiger partial charge in [0.1, 0.15) is 0 Å². The fourth-order valence-corrected chi connectivity index (χ4v) is 3.38. The Labute approximate surface area is 145 Å². The normalized spacial score (nSPS) is 10.5. The molecule has 0 saturated carbocycles. The minimum atomic E-state index is -0.0374. The third-order valence-corrected chi connectivity index (χ3v) is 4.84. The molecule has 1 amide bonds. The van der Waals surface area contributed by atoms with Gasteiger partial charge in [-0.1, -0.05) is 48.0 Å². The largest absolute Gasteiger partial charge is 0.302 e. The molecular formula is C19H16ClNOS. The van der Waals surface area contributed by atoms with Crippen molar-refractivity contribution < 1.29 is 4.79 Å². The second-order valence-electron chi connectivity index (χ2n) is 5.24. The zero-order chi connectivity index (χ0) is 16.2. The summed E-state index contributed by atoms with van der Waals surface area (Å²) < 4.78 is 0. The van der Waals surface area contributed by atoms with Gasteiger partial charge in [-0.3, -0.25) is 4.79 Å². The summed E-state index contributed by atoms with van der Waals surface area (Å²) in [5.41, 5.74) is 2.39. The van der Waals surface area contributed by atoms with Gasteiger partial charge in [0.25, 0.3) is 5.91 Å². The van der Waals surface area contributed by atoms with Gasteiger partial charge in [-0.15, -0.1) is 11.3 Å². The summed E-state index contributed by atoms with van der Waals surface area (Å²) in [5.74, 6) is -0.0374. The molecule has 0 unspecified atom stereocenters. The minimum absolute atomic E-state index is 0.0374. The third-order valence-electron chi connectivity index (χ3n) is 3.66. The second kappa shape index (κ2) is 6.99. The maximum Gasteiger partial charge on any atom is 0.258 e. The maximum absolute atomic E-state index is 13.1. The van der Waals surface area contributed by atoms with E-state index >= 15 is 0 Å². The molecule has 4 heteroatoms. The molecule has 116 valence electrons. The molecular weight excluding hydrogens is 326 g/mol. The Balaban J connectivity index is 2.03. The lowest BCUT2D eigenvalue weighted by Crippen LogP contribution is -2.30. The van der Waals surface area contributed by atoms with Gasteiger partial charge in [0.05, 0.1) is 17.3 Å². The molecule has 0 N–H and O–H groups in total. The van der Waals surface area contributed by atoms with Crippen LogP contribution in [0.5, 0.6) is 0 Å². The first kappa shape index (κ1) is 15.8. The molecule has 0 aliphatic heterocycles. The predicted octanol–water partition coefficient (Wildman–Crippen LogP) is 5.56. The summed E-state index contributed by atoms with van der Waals surface area (Å²) in [7, 11) is 0. The lowest BCUT2D eigenvalue weighted by Gasteiger charge is -2.24. The lowest BCUT2D eigenvalue weighted by atomic mass is 10.1. The summed E-state index contributed by atoms with van der Waals surface area (Å²) in [5, 5.41) is 2.59. The summed E-state index contributed by atoms with van der Waals surface area (Å²) in [6.07, 6.45) is 0. The molecule has 0 atom stereocenters. The maximum atomic E-state index is 13.1. The van der Waals surface area contributed by atoms with Crippen LogP contribution in [0.25, 0.3) is 0 Å². The monoisotopic (exact) mass is 341 g/mol. The Kier molecular flexibility index (Phi) is 4.79. The zero-order valence-corrected chi connectivity index (χ0v) is 14.3. The third kappa shape index (κ3) is 3.46. The number of para-hydroxylation sites is 1. The Bertz CT molecular complexity index is 814. The molecule has 2 nitrogen and oxygen atoms in total. The number of aryl methyl sites for hydroxylation is 1. The van der Waals surface area contributed by atoms with Crippen molar-refractivity contribution in [3.05, 3.63) is 87.1 Å². The van der Waals surface area contributed by atoms with Crippen LogP contribution in [0.1, 0.15) is 20.8 Å². The van der Waals surface area contributed by atoms with E-state index < -0.39 is 0 Å². The van der Waals surface area contributed by atoms with Crippen LogP contribution in [0.2, 0.25) is 5.02 Å². The van der Waals surface area contributed by atoms with Gasteiger partial charge in [-0.25, -0.2) is 0 Å². The first-order valence-corrected chi connectivity index (χ1v) is 8.57. The number of carbonyl (C=O) groups excluding carboxylic acids is 1. The van der Waals surface area contributed by atoms with Crippen LogP contribution in [-0.2, 0) is 6.54 Å². The molecule has 0 bridgehead atoms. The second-order valence-corrected chi connectivity index (χ2v) is 6.68. The van der Waals surface area contributed by atoms with Gasteiger partial charge in [0.15, 0.2) is 0 Å². The van der Waals surface area contributed by atoms with Crippen molar-refractivity contribution in [2.75, 3.05) is 4.90 Å². The van der Waals surface area contributed by atoms with Crippen molar-refractivity contribution in [3.8, 4) is 0 Å². The van der Waals surface area contributed by atoms with Crippen molar-refractivity contribution in [3.63, 3.8) is 0 Å². The summed E-state index contributed by atoms with van der Waals surface area (Å²) in [6.45, 7) is 2.46. The van der Waals surface area contributed by atoms with E-state index in [9.17, 15) is 4.79 Å². The van der Waals surface area contributed by atoms with E-state index in [2.05, 4.69) is 0 Å². The highest BCUT2D eigenvalue weighted by Crippen LogP contribution is 2.29. The molecule has 3 aromatic rings. The van der Waals surface area contributed by atoms with E-state index in [1.165, 1.54) is 0 Å². The van der Waals surface area contributed by atoms with Crippen LogP contribution in [0.4, 0.5) is 5.69 Å². The molecule has 0 fully saturated rings. The SMILES string of the molecule is Cc1ccccc1C(=O)N(Cc1cccs1)c1ccccc1Cl. The van der Waals surface area contributed by atoms with Crippen molar-refractivity contribution >= 4 is 34.5 Å². The number of amides is 1. The summed E-state index contributed by atoms with van der Waals surface area (Å²) in [6, 6.07) is 19.1. The van der Waals surface area contributed by atoms with Gasteiger partial charge >= 0.3 is 0 Å². The molecule has 1 heterocycles. The van der Waals surface area contributed by atoms with Crippen LogP contribution in [-0.4, -0.2) is 5.91 Å². The number of carbonyl (C=O) groups is 1. The zero-order valence-electron chi connectivity index (χ0n) is 12.7. The Morgan fingerprint density at radius 2 is 1.78 bits per heavy atom. The first-order valence-electron chi connectivity index (χ1n) is 7.31. The molecule has 3 rings (SSSR count). The number of thiophene rings is 1. The quantitative estimate of drug-likeness (QED) is 0.608. The molecule has 0 spiro atoms. The topological polar surface area (TPSA) is 20.3 Å². The highest BCUT2D eigenvalue weighted by Gasteiger charge is 2.21. The minimum Gasteiger partial charge on any atom is -0.302 e. The van der Waals surface area contributed by atoms with E-state index in [-0.39, 0.29) is 5.91 Å². The van der Waals surface area contributed by atoms with Crippen LogP contribution in [0, 0.1) is 6.92 Å². The van der Waals surface area contributed by atoms with E-state index in [0.717, 1.165) is 16.1 Å². The van der Waals surface area contributed by atoms with Crippen molar-refractivity contribution in [1.82, 2.24) is 0 Å². The average Bonchev–Trinajstić information content (AvgIpc) is 3.06. The van der Waals surface area contributed by atoms with Crippen molar-refractivity contribution in [2.24, 2.45) is 0 Å². The number of benzene rings is 2. The number of hydrogen-bond acceptors (Lipinski definition) is 2. The molecule has 2 aromatic carbocycles. The van der Waals surface area contributed by atoms with Gasteiger partial charge < -0.3 is 4.90 Å². The number of hydrogen-bond donors (Lipinski definition) is 0. The average molecular weight is 342 g/mol. The number of halogens is 1. The molecule has 1 aromatic heterocycles. The molecule has 23 heavy (non-hydrogen) atoms. The molecule has 0 aliphatic rings. The first-order chi connectivity index (χ1) is 11.2. The number of rotatable bonds is 4. The van der Waals surface area contributed by atoms with Crippen LogP contribution in [0.3, 0.4) is 0 Å². The Hall–Kier alpha value is -2.10. The van der Waals surface area contributed by atoms with E-state index in [1.807, 2.05) is 73.0 Å². The van der Waals surface area contributed by atoms with Gasteiger partial charge in [-0.05, 0) is 42.1 Å². The fourth-order valence-electron chi connectivity index (χ4n) is 2.45. The van der Waals surface area contributed by atoms with E-state index in [0.29, 0.717) is 17.1 Å². The van der Waals surface area contributed by atoms with Gasteiger partial charge in [0.2, 0.25) is 0 Å². The lowest BCUT2D eigenvalue weighted by molar-refractivity contribution is 0.0985. The van der Waals surface area contributed by atoms with Crippen LogP contribution in [0.15, 0.2) is 66.0 Å². The van der Waals surface area contributed by atoms with E-state index in [1.54, 1.807) is 16.2 Å². The van der Waals surface area contributed by atoms with Gasteiger partial charge in [0, 0.05) is 10.4 Å². The van der Waals surface area contributed by atoms with Crippen molar-refractivity contribution in [2.45, 2.75) is 13.5 Å².